The number of nitrogens with zero attached hydrogens (tertiary/aromatic N) is 2. The molecule has 0 aliphatic carbocycles. The highest BCUT2D eigenvalue weighted by molar-refractivity contribution is 6.13. The van der Waals surface area contributed by atoms with E-state index in [0.29, 0.717) is 16.3 Å². The molecule has 0 fully saturated rings. The number of hydrogen-bond acceptors (Lipinski definition) is 5. The Hall–Kier alpha value is -5.63. The van der Waals surface area contributed by atoms with Crippen LogP contribution < -0.4 is 16.3 Å². The summed E-state index contributed by atoms with van der Waals surface area (Å²) in [5, 5.41) is 18.5. The predicted octanol–water partition coefficient (Wildman–Crippen LogP) is 4.85. The smallest absolute Gasteiger partial charge is 0.272 e. The standard InChI is InChI=1S/C32H23N5O3/c38-30(20-10-2-1-3-11-20)34-29(28-25-16-8-9-17-26(25)31(39)37-35-28)32(40)36-33-19-27-23-14-6-4-12-21(23)18-22-13-5-7-15-24(22)27/h1-19,29H,(H,34,38)(H,36,40)(H,37,39)/b33-19+/t29-/m1/s1. The molecule has 40 heavy (non-hydrogen) atoms. The lowest BCUT2D eigenvalue weighted by molar-refractivity contribution is -0.123. The maximum atomic E-state index is 13.6. The molecule has 0 saturated heterocycles. The van der Waals surface area contributed by atoms with Gasteiger partial charge in [-0.05, 0) is 45.8 Å². The number of hydrogen-bond donors (Lipinski definition) is 3. The van der Waals surface area contributed by atoms with E-state index in [1.54, 1.807) is 60.8 Å². The van der Waals surface area contributed by atoms with Crippen molar-refractivity contribution in [1.29, 1.82) is 0 Å². The summed E-state index contributed by atoms with van der Waals surface area (Å²) in [6.07, 6.45) is 1.61. The van der Waals surface area contributed by atoms with Crippen LogP contribution in [0.3, 0.4) is 0 Å². The molecule has 2 amide bonds. The van der Waals surface area contributed by atoms with Gasteiger partial charge in [-0.15, -0.1) is 0 Å². The van der Waals surface area contributed by atoms with Gasteiger partial charge in [-0.3, -0.25) is 14.4 Å². The van der Waals surface area contributed by atoms with E-state index in [1.807, 2.05) is 48.5 Å². The molecular weight excluding hydrogens is 502 g/mol. The van der Waals surface area contributed by atoms with E-state index < -0.39 is 23.4 Å². The zero-order valence-corrected chi connectivity index (χ0v) is 21.2. The summed E-state index contributed by atoms with van der Waals surface area (Å²) in [6.45, 7) is 0. The predicted molar refractivity (Wildman–Crippen MR) is 156 cm³/mol. The Labute approximate surface area is 228 Å². The van der Waals surface area contributed by atoms with E-state index in [0.717, 1.165) is 27.1 Å². The molecular formula is C32H23N5O3. The highest BCUT2D eigenvalue weighted by Crippen LogP contribution is 2.27. The molecule has 0 unspecified atom stereocenters. The fourth-order valence-electron chi connectivity index (χ4n) is 4.83. The molecule has 8 nitrogen and oxygen atoms in total. The molecule has 5 aromatic carbocycles. The molecule has 0 spiro atoms. The van der Waals surface area contributed by atoms with E-state index in [-0.39, 0.29) is 5.69 Å². The van der Waals surface area contributed by atoms with Crippen LogP contribution >= 0.6 is 0 Å². The van der Waals surface area contributed by atoms with Crippen molar-refractivity contribution in [3.05, 3.63) is 136 Å². The number of carbonyl (C=O) groups excluding carboxylic acids is 2. The largest absolute Gasteiger partial charge is 0.335 e. The van der Waals surface area contributed by atoms with Crippen LogP contribution in [0.5, 0.6) is 0 Å². The Morgan fingerprint density at radius 3 is 2.00 bits per heavy atom. The average Bonchev–Trinajstić information content (AvgIpc) is 3.00. The number of aromatic nitrogens is 2. The van der Waals surface area contributed by atoms with Crippen molar-refractivity contribution < 1.29 is 9.59 Å². The first kappa shape index (κ1) is 24.7. The molecule has 3 N–H and O–H groups in total. The second-order valence-electron chi connectivity index (χ2n) is 9.22. The summed E-state index contributed by atoms with van der Waals surface area (Å²) in [5.74, 6) is -1.09. The number of hydrazone groups is 1. The molecule has 1 atom stereocenters. The second kappa shape index (κ2) is 10.6. The minimum atomic E-state index is -1.24. The number of H-pyrrole nitrogens is 1. The van der Waals surface area contributed by atoms with Gasteiger partial charge in [0.1, 0.15) is 5.69 Å². The molecule has 0 aliphatic rings. The minimum Gasteiger partial charge on any atom is -0.335 e. The number of benzene rings is 5. The van der Waals surface area contributed by atoms with Gasteiger partial charge in [0.05, 0.1) is 11.6 Å². The van der Waals surface area contributed by atoms with Gasteiger partial charge in [0.2, 0.25) is 0 Å². The first-order valence-corrected chi connectivity index (χ1v) is 12.7. The van der Waals surface area contributed by atoms with Crippen molar-refractivity contribution in [2.45, 2.75) is 6.04 Å². The molecule has 0 saturated carbocycles. The van der Waals surface area contributed by atoms with Crippen LogP contribution in [-0.2, 0) is 4.79 Å². The highest BCUT2D eigenvalue weighted by Gasteiger charge is 2.27. The second-order valence-corrected chi connectivity index (χ2v) is 9.22. The summed E-state index contributed by atoms with van der Waals surface area (Å²) in [4.78, 5) is 39.1. The van der Waals surface area contributed by atoms with Gasteiger partial charge in [0.15, 0.2) is 6.04 Å². The molecule has 0 bridgehead atoms. The van der Waals surface area contributed by atoms with Crippen LogP contribution in [0.15, 0.2) is 119 Å². The van der Waals surface area contributed by atoms with Gasteiger partial charge < -0.3 is 5.32 Å². The topological polar surface area (TPSA) is 116 Å². The fraction of sp³-hybridized carbons (Fsp3) is 0.0312. The third kappa shape index (κ3) is 4.69. The van der Waals surface area contributed by atoms with Gasteiger partial charge in [-0.1, -0.05) is 84.9 Å². The molecule has 1 heterocycles. The molecule has 1 aromatic heterocycles. The number of amides is 2. The Morgan fingerprint density at radius 2 is 1.32 bits per heavy atom. The normalized spacial score (nSPS) is 12.1. The highest BCUT2D eigenvalue weighted by atomic mass is 16.2. The van der Waals surface area contributed by atoms with E-state index in [4.69, 9.17) is 0 Å². The van der Waals surface area contributed by atoms with E-state index >= 15 is 0 Å². The fourth-order valence-corrected chi connectivity index (χ4v) is 4.83. The number of aromatic amines is 1. The molecule has 6 rings (SSSR count). The number of carbonyl (C=O) groups is 2. The molecule has 0 aliphatic heterocycles. The van der Waals surface area contributed by atoms with Crippen LogP contribution in [0, 0.1) is 0 Å². The third-order valence-electron chi connectivity index (χ3n) is 6.75. The lowest BCUT2D eigenvalue weighted by Gasteiger charge is -2.18. The zero-order chi connectivity index (χ0) is 27.5. The minimum absolute atomic E-state index is 0.197. The van der Waals surface area contributed by atoms with Gasteiger partial charge in [-0.25, -0.2) is 10.5 Å². The Bertz CT molecular complexity index is 1930. The van der Waals surface area contributed by atoms with Crippen molar-refractivity contribution in [2.24, 2.45) is 5.10 Å². The van der Waals surface area contributed by atoms with Crippen LogP contribution in [0.25, 0.3) is 32.3 Å². The van der Waals surface area contributed by atoms with Crippen LogP contribution in [0.4, 0.5) is 0 Å². The molecule has 8 heteroatoms. The summed E-state index contributed by atoms with van der Waals surface area (Å²) in [6, 6.07) is 32.1. The Morgan fingerprint density at radius 1 is 0.750 bits per heavy atom. The lowest BCUT2D eigenvalue weighted by atomic mass is 9.97. The third-order valence-corrected chi connectivity index (χ3v) is 6.75. The maximum Gasteiger partial charge on any atom is 0.272 e. The summed E-state index contributed by atoms with van der Waals surface area (Å²) in [7, 11) is 0. The van der Waals surface area contributed by atoms with Gasteiger partial charge in [0, 0.05) is 16.5 Å². The summed E-state index contributed by atoms with van der Waals surface area (Å²) < 4.78 is 0. The van der Waals surface area contributed by atoms with Crippen molar-refractivity contribution in [3.8, 4) is 0 Å². The van der Waals surface area contributed by atoms with E-state index in [1.165, 1.54) is 0 Å². The van der Waals surface area contributed by atoms with Gasteiger partial charge in [-0.2, -0.15) is 10.2 Å². The van der Waals surface area contributed by atoms with Crippen LogP contribution in [-0.4, -0.2) is 28.2 Å². The summed E-state index contributed by atoms with van der Waals surface area (Å²) in [5.41, 5.74) is 3.61. The van der Waals surface area contributed by atoms with E-state index in [2.05, 4.69) is 32.1 Å². The van der Waals surface area contributed by atoms with Crippen LogP contribution in [0.2, 0.25) is 0 Å². The molecule has 6 aromatic rings. The Balaban J connectivity index is 1.38. The lowest BCUT2D eigenvalue weighted by Crippen LogP contribution is -2.40. The Kier molecular flexibility index (Phi) is 6.56. The quantitative estimate of drug-likeness (QED) is 0.164. The van der Waals surface area contributed by atoms with Crippen molar-refractivity contribution >= 4 is 50.3 Å². The number of nitrogens with one attached hydrogen (secondary N) is 3. The zero-order valence-electron chi connectivity index (χ0n) is 21.2. The maximum absolute atomic E-state index is 13.6. The number of rotatable bonds is 6. The average molecular weight is 526 g/mol. The van der Waals surface area contributed by atoms with Gasteiger partial charge in [0.25, 0.3) is 17.4 Å². The summed E-state index contributed by atoms with van der Waals surface area (Å²) >= 11 is 0. The first-order chi connectivity index (χ1) is 19.6. The SMILES string of the molecule is O=C(N[C@@H](C(=O)N/N=C/c1c2ccccc2cc2ccccc12)c1n[nH]c(=O)c2ccccc12)c1ccccc1. The van der Waals surface area contributed by atoms with Crippen molar-refractivity contribution in [2.75, 3.05) is 0 Å². The van der Waals surface area contributed by atoms with Crippen LogP contribution in [0.1, 0.15) is 27.7 Å². The van der Waals surface area contributed by atoms with Gasteiger partial charge >= 0.3 is 0 Å². The van der Waals surface area contributed by atoms with Crippen molar-refractivity contribution in [1.82, 2.24) is 20.9 Å². The van der Waals surface area contributed by atoms with E-state index in [9.17, 15) is 14.4 Å². The number of fused-ring (bicyclic) bond motifs is 3. The monoisotopic (exact) mass is 525 g/mol. The molecule has 0 radical (unpaired) electrons. The molecule has 194 valence electrons. The first-order valence-electron chi connectivity index (χ1n) is 12.7. The van der Waals surface area contributed by atoms with Crippen molar-refractivity contribution in [3.63, 3.8) is 0 Å².